The zero-order valence-electron chi connectivity index (χ0n) is 9.33. The van der Waals surface area contributed by atoms with Gasteiger partial charge in [0.25, 0.3) is 0 Å². The Balaban J connectivity index is 2.58. The van der Waals surface area contributed by atoms with Crippen LogP contribution in [-0.2, 0) is 6.54 Å². The molecule has 0 aliphatic heterocycles. The summed E-state index contributed by atoms with van der Waals surface area (Å²) in [5.74, 6) is 0. The lowest BCUT2D eigenvalue weighted by molar-refractivity contribution is 0.355. The average Bonchev–Trinajstić information content (AvgIpc) is 2.17. The Bertz CT molecular complexity index is 371. The topological polar surface area (TPSA) is 27.0 Å². The first-order valence-electron chi connectivity index (χ1n) is 4.94. The lowest BCUT2D eigenvalue weighted by atomic mass is 10.1. The number of nitriles is 1. The fourth-order valence-corrected chi connectivity index (χ4v) is 1.51. The molecule has 0 saturated carbocycles. The molecule has 0 spiro atoms. The third-order valence-electron chi connectivity index (χ3n) is 2.08. The molecule has 78 valence electrons. The van der Waals surface area contributed by atoms with E-state index in [1.54, 1.807) is 0 Å². The number of likely N-dealkylation sites (N-methyl/N-ethyl adjacent to an activating group) is 1. The minimum atomic E-state index is 0.710. The summed E-state index contributed by atoms with van der Waals surface area (Å²) in [5, 5.41) is 8.66. The van der Waals surface area contributed by atoms with E-state index in [1.165, 1.54) is 5.56 Å². The van der Waals surface area contributed by atoms with Gasteiger partial charge in [-0.1, -0.05) is 24.3 Å². The molecule has 0 unspecified atom stereocenters. The van der Waals surface area contributed by atoms with Crippen LogP contribution in [0.25, 0.3) is 0 Å². The fraction of sp³-hybridized carbons (Fsp3) is 0.308. The van der Waals surface area contributed by atoms with E-state index in [0.717, 1.165) is 18.7 Å². The summed E-state index contributed by atoms with van der Waals surface area (Å²) >= 11 is 0. The zero-order valence-corrected chi connectivity index (χ0v) is 9.33. The molecule has 0 amide bonds. The second kappa shape index (κ2) is 5.33. The third kappa shape index (κ3) is 3.97. The molecule has 0 fully saturated rings. The number of rotatable bonds is 4. The van der Waals surface area contributed by atoms with Gasteiger partial charge in [-0.2, -0.15) is 5.26 Å². The second-order valence-electron chi connectivity index (χ2n) is 3.94. The van der Waals surface area contributed by atoms with E-state index in [2.05, 4.69) is 24.6 Å². The van der Waals surface area contributed by atoms with Crippen molar-refractivity contribution in [3.63, 3.8) is 0 Å². The first-order chi connectivity index (χ1) is 7.11. The molecule has 0 N–H and O–H groups in total. The van der Waals surface area contributed by atoms with Crippen molar-refractivity contribution in [3.05, 3.63) is 47.5 Å². The van der Waals surface area contributed by atoms with E-state index in [0.29, 0.717) is 5.56 Å². The highest BCUT2D eigenvalue weighted by atomic mass is 15.1. The summed E-state index contributed by atoms with van der Waals surface area (Å²) < 4.78 is 0. The van der Waals surface area contributed by atoms with Gasteiger partial charge in [0.15, 0.2) is 0 Å². The lowest BCUT2D eigenvalue weighted by Crippen LogP contribution is -2.19. The van der Waals surface area contributed by atoms with Crippen molar-refractivity contribution in [3.8, 4) is 6.07 Å². The zero-order chi connectivity index (χ0) is 11.3. The van der Waals surface area contributed by atoms with E-state index >= 15 is 0 Å². The van der Waals surface area contributed by atoms with Crippen LogP contribution in [0.15, 0.2) is 36.4 Å². The summed E-state index contributed by atoms with van der Waals surface area (Å²) in [6.45, 7) is 7.69. The first kappa shape index (κ1) is 11.5. The Labute approximate surface area is 91.4 Å². The minimum absolute atomic E-state index is 0.710. The van der Waals surface area contributed by atoms with Crippen molar-refractivity contribution in [2.45, 2.75) is 13.5 Å². The Hall–Kier alpha value is -1.59. The molecule has 0 aliphatic rings. The van der Waals surface area contributed by atoms with Crippen LogP contribution < -0.4 is 0 Å². The summed E-state index contributed by atoms with van der Waals surface area (Å²) in [6, 6.07) is 9.80. The van der Waals surface area contributed by atoms with Gasteiger partial charge in [-0.3, -0.25) is 4.90 Å². The number of hydrogen-bond donors (Lipinski definition) is 0. The number of hydrogen-bond acceptors (Lipinski definition) is 2. The fourth-order valence-electron chi connectivity index (χ4n) is 1.51. The lowest BCUT2D eigenvalue weighted by Gasteiger charge is -2.16. The van der Waals surface area contributed by atoms with Crippen LogP contribution in [0, 0.1) is 11.3 Å². The molecule has 2 heteroatoms. The Morgan fingerprint density at radius 2 is 2.00 bits per heavy atom. The predicted octanol–water partition coefficient (Wildman–Crippen LogP) is 2.57. The number of nitrogens with zero attached hydrogens (tertiary/aromatic N) is 2. The van der Waals surface area contributed by atoms with Crippen LogP contribution in [-0.4, -0.2) is 18.5 Å². The maximum Gasteiger partial charge on any atom is 0.0991 e. The van der Waals surface area contributed by atoms with Gasteiger partial charge in [0.05, 0.1) is 11.6 Å². The van der Waals surface area contributed by atoms with Gasteiger partial charge in [0.1, 0.15) is 0 Å². The Kier molecular flexibility index (Phi) is 4.08. The average molecular weight is 200 g/mol. The van der Waals surface area contributed by atoms with Gasteiger partial charge in [-0.25, -0.2) is 0 Å². The molecular formula is C13H16N2. The van der Waals surface area contributed by atoms with Crippen molar-refractivity contribution >= 4 is 0 Å². The molecule has 1 aromatic carbocycles. The van der Waals surface area contributed by atoms with E-state index in [-0.39, 0.29) is 0 Å². The van der Waals surface area contributed by atoms with E-state index in [4.69, 9.17) is 5.26 Å². The largest absolute Gasteiger partial charge is 0.298 e. The van der Waals surface area contributed by atoms with Crippen molar-refractivity contribution in [1.29, 1.82) is 5.26 Å². The van der Waals surface area contributed by atoms with Crippen LogP contribution in [0.1, 0.15) is 18.1 Å². The highest BCUT2D eigenvalue weighted by Gasteiger charge is 2.00. The predicted molar refractivity (Wildman–Crippen MR) is 62.3 cm³/mol. The molecule has 0 aromatic heterocycles. The van der Waals surface area contributed by atoms with Crippen molar-refractivity contribution in [1.82, 2.24) is 4.90 Å². The van der Waals surface area contributed by atoms with Crippen LogP contribution >= 0.6 is 0 Å². The molecule has 0 saturated heterocycles. The molecule has 1 rings (SSSR count). The van der Waals surface area contributed by atoms with Gasteiger partial charge in [-0.15, -0.1) is 0 Å². The van der Waals surface area contributed by atoms with Crippen LogP contribution in [0.5, 0.6) is 0 Å². The summed E-state index contributed by atoms with van der Waals surface area (Å²) in [6.07, 6.45) is 0. The Morgan fingerprint density at radius 1 is 1.40 bits per heavy atom. The molecule has 1 aromatic rings. The minimum Gasteiger partial charge on any atom is -0.298 e. The maximum absolute atomic E-state index is 8.66. The second-order valence-corrected chi connectivity index (χ2v) is 3.94. The van der Waals surface area contributed by atoms with Crippen molar-refractivity contribution < 1.29 is 0 Å². The molecule has 0 heterocycles. The van der Waals surface area contributed by atoms with Gasteiger partial charge in [0.2, 0.25) is 0 Å². The van der Waals surface area contributed by atoms with Crippen LogP contribution in [0.4, 0.5) is 0 Å². The summed E-state index contributed by atoms with van der Waals surface area (Å²) in [7, 11) is 2.06. The van der Waals surface area contributed by atoms with Crippen LogP contribution in [0.2, 0.25) is 0 Å². The standard InChI is InChI=1S/C13H16N2/c1-11(2)9-15(3)10-13-6-4-12(8-14)5-7-13/h4-7H,1,9-10H2,2-3H3. The molecule has 0 aliphatic carbocycles. The van der Waals surface area contributed by atoms with Crippen LogP contribution in [0.3, 0.4) is 0 Å². The van der Waals surface area contributed by atoms with Gasteiger partial charge >= 0.3 is 0 Å². The van der Waals surface area contributed by atoms with E-state index in [9.17, 15) is 0 Å². The maximum atomic E-state index is 8.66. The first-order valence-corrected chi connectivity index (χ1v) is 4.94. The molecule has 15 heavy (non-hydrogen) atoms. The van der Waals surface area contributed by atoms with E-state index < -0.39 is 0 Å². The monoisotopic (exact) mass is 200 g/mol. The molecular weight excluding hydrogens is 184 g/mol. The molecule has 0 atom stereocenters. The molecule has 0 bridgehead atoms. The Morgan fingerprint density at radius 3 is 2.47 bits per heavy atom. The van der Waals surface area contributed by atoms with Crippen molar-refractivity contribution in [2.75, 3.05) is 13.6 Å². The number of benzene rings is 1. The summed E-state index contributed by atoms with van der Waals surface area (Å²) in [5.41, 5.74) is 3.09. The highest BCUT2D eigenvalue weighted by molar-refractivity contribution is 5.31. The summed E-state index contributed by atoms with van der Waals surface area (Å²) in [4.78, 5) is 2.20. The quantitative estimate of drug-likeness (QED) is 0.698. The van der Waals surface area contributed by atoms with Gasteiger partial charge < -0.3 is 0 Å². The van der Waals surface area contributed by atoms with Crippen molar-refractivity contribution in [2.24, 2.45) is 0 Å². The highest BCUT2D eigenvalue weighted by Crippen LogP contribution is 2.06. The third-order valence-corrected chi connectivity index (χ3v) is 2.08. The molecule has 0 radical (unpaired) electrons. The SMILES string of the molecule is C=C(C)CN(C)Cc1ccc(C#N)cc1. The smallest absolute Gasteiger partial charge is 0.0991 e. The van der Waals surface area contributed by atoms with E-state index in [1.807, 2.05) is 31.2 Å². The normalized spacial score (nSPS) is 10.0. The molecule has 2 nitrogen and oxygen atoms in total. The van der Waals surface area contributed by atoms with Gasteiger partial charge in [0, 0.05) is 13.1 Å². The van der Waals surface area contributed by atoms with Gasteiger partial charge in [-0.05, 0) is 31.7 Å².